The zero-order chi connectivity index (χ0) is 61.9. The Hall–Kier alpha value is -8.12. The number of imide groups is 2. The number of pyridine rings is 1. The SMILES string of the molecule is CC1(C)CCC(CN2CCN(c3ccc(C(=O)NS(=O)(=O)c4ccc(NCC5CCN(C(=O)CCCCCSc6cccc7c6C(=O)N(C6CCC(=O)NC6=O)C7=O)CC5)c([N+](=O)[O-])c4)c(Oc4cnc5[nH]ccc5c4)c3)CC2)=C(c2ccc(Cl)cc2)C1. The number of aromatic amines is 1. The van der Waals surface area contributed by atoms with Crippen molar-refractivity contribution in [3.05, 3.63) is 146 Å². The summed E-state index contributed by atoms with van der Waals surface area (Å²) in [5, 5.41) is 19.3. The number of piperidine rings is 2. The number of piperazine rings is 1. The lowest BCUT2D eigenvalue weighted by Gasteiger charge is -2.39. The van der Waals surface area contributed by atoms with E-state index in [0.29, 0.717) is 85.5 Å². The van der Waals surface area contributed by atoms with Crippen LogP contribution in [0.4, 0.5) is 17.1 Å². The number of nitrogens with zero attached hydrogens (tertiary/aromatic N) is 6. The Bertz CT molecular complexity index is 3880. The highest BCUT2D eigenvalue weighted by Gasteiger charge is 2.46. The Morgan fingerprint density at radius 1 is 0.886 bits per heavy atom. The molecule has 4 aromatic carbocycles. The zero-order valence-corrected chi connectivity index (χ0v) is 51.4. The molecule has 1 atom stereocenters. The molecular formula is C64H69ClN10O11S2. The zero-order valence-electron chi connectivity index (χ0n) is 49.0. The molecule has 5 aliphatic rings. The van der Waals surface area contributed by atoms with Crippen molar-refractivity contribution in [1.29, 1.82) is 0 Å². The topological polar surface area (TPSA) is 267 Å². The van der Waals surface area contributed by atoms with Crippen LogP contribution >= 0.6 is 23.4 Å². The molecular weight excluding hydrogens is 1180 g/mol. The Morgan fingerprint density at radius 3 is 2.43 bits per heavy atom. The van der Waals surface area contributed by atoms with Gasteiger partial charge in [0.1, 0.15) is 28.9 Å². The predicted octanol–water partition coefficient (Wildman–Crippen LogP) is 10.2. The highest BCUT2D eigenvalue weighted by Crippen LogP contribution is 2.44. The molecule has 24 heteroatoms. The van der Waals surface area contributed by atoms with E-state index in [-0.39, 0.29) is 58.2 Å². The molecule has 11 rings (SSSR count). The van der Waals surface area contributed by atoms with Gasteiger partial charge in [-0.05, 0) is 140 Å². The number of sulfonamides is 1. The van der Waals surface area contributed by atoms with Crippen LogP contribution in [0.25, 0.3) is 16.6 Å². The number of amides is 6. The minimum absolute atomic E-state index is 0.0343. The summed E-state index contributed by atoms with van der Waals surface area (Å²) in [5.74, 6) is -2.04. The Labute approximate surface area is 519 Å². The molecule has 460 valence electrons. The van der Waals surface area contributed by atoms with Crippen molar-refractivity contribution in [3.8, 4) is 11.5 Å². The number of anilines is 2. The molecule has 1 unspecified atom stereocenters. The number of unbranched alkanes of at least 4 members (excludes halogenated alkanes) is 2. The number of halogens is 1. The fourth-order valence-corrected chi connectivity index (χ4v) is 14.5. The number of allylic oxidation sites excluding steroid dienone is 1. The molecule has 0 radical (unpaired) electrons. The van der Waals surface area contributed by atoms with E-state index in [9.17, 15) is 47.3 Å². The maximum Gasteiger partial charge on any atom is 0.293 e. The van der Waals surface area contributed by atoms with Gasteiger partial charge in [0.15, 0.2) is 0 Å². The van der Waals surface area contributed by atoms with E-state index >= 15 is 0 Å². The average molecular weight is 1250 g/mol. The number of hydrogen-bond acceptors (Lipinski definition) is 16. The fourth-order valence-electron chi connectivity index (χ4n) is 12.3. The van der Waals surface area contributed by atoms with Gasteiger partial charge in [0.25, 0.3) is 33.4 Å². The van der Waals surface area contributed by atoms with Crippen molar-refractivity contribution in [2.75, 3.05) is 68.3 Å². The first kappa shape index (κ1) is 61.5. The largest absolute Gasteiger partial charge is 0.455 e. The molecule has 6 heterocycles. The third-order valence-electron chi connectivity index (χ3n) is 17.3. The first-order valence-electron chi connectivity index (χ1n) is 29.8. The molecule has 4 aliphatic heterocycles. The van der Waals surface area contributed by atoms with Crippen molar-refractivity contribution >= 4 is 102 Å². The summed E-state index contributed by atoms with van der Waals surface area (Å²) in [7, 11) is -4.67. The molecule has 2 aromatic heterocycles. The molecule has 6 aromatic rings. The fraction of sp³-hybridized carbons (Fsp3) is 0.391. The van der Waals surface area contributed by atoms with Crippen LogP contribution in [0.5, 0.6) is 11.5 Å². The number of rotatable bonds is 21. The first-order valence-corrected chi connectivity index (χ1v) is 32.7. The minimum Gasteiger partial charge on any atom is -0.455 e. The summed E-state index contributed by atoms with van der Waals surface area (Å²) < 4.78 is 36.4. The molecule has 21 nitrogen and oxygen atoms in total. The molecule has 0 spiro atoms. The summed E-state index contributed by atoms with van der Waals surface area (Å²) in [6, 6.07) is 24.2. The van der Waals surface area contributed by atoms with Crippen molar-refractivity contribution in [2.45, 2.75) is 100 Å². The van der Waals surface area contributed by atoms with Gasteiger partial charge in [-0.1, -0.05) is 55.6 Å². The molecule has 88 heavy (non-hydrogen) atoms. The number of likely N-dealkylation sites (tertiary alicyclic amines) is 1. The van der Waals surface area contributed by atoms with Gasteiger partial charge in [-0.2, -0.15) is 0 Å². The summed E-state index contributed by atoms with van der Waals surface area (Å²) >= 11 is 7.71. The average Bonchev–Trinajstić information content (AvgIpc) is 2.22. The number of carbonyl (C=O) groups excluding carboxylic acids is 6. The maximum atomic E-state index is 14.2. The number of H-pyrrole nitrogens is 1. The van der Waals surface area contributed by atoms with E-state index in [1.165, 1.54) is 52.9 Å². The number of nitro groups is 1. The molecule has 3 saturated heterocycles. The summed E-state index contributed by atoms with van der Waals surface area (Å²) in [5.41, 5.74) is 5.69. The van der Waals surface area contributed by atoms with Crippen molar-refractivity contribution in [1.82, 2.24) is 34.7 Å². The van der Waals surface area contributed by atoms with Crippen LogP contribution in [-0.2, 0) is 24.4 Å². The molecule has 0 bridgehead atoms. The highest BCUT2D eigenvalue weighted by atomic mass is 35.5. The van der Waals surface area contributed by atoms with Crippen molar-refractivity contribution < 1.29 is 46.8 Å². The van der Waals surface area contributed by atoms with Crippen LogP contribution in [0, 0.1) is 21.4 Å². The van der Waals surface area contributed by atoms with Crippen LogP contribution in [0.2, 0.25) is 5.02 Å². The van der Waals surface area contributed by atoms with Gasteiger partial charge in [0.2, 0.25) is 17.7 Å². The lowest BCUT2D eigenvalue weighted by Crippen LogP contribution is -2.54. The number of nitrogens with one attached hydrogen (secondary N) is 4. The second kappa shape index (κ2) is 26.3. The molecule has 4 N–H and O–H groups in total. The smallest absolute Gasteiger partial charge is 0.293 e. The number of ether oxygens (including phenoxy) is 1. The van der Waals surface area contributed by atoms with E-state index in [4.69, 9.17) is 16.3 Å². The molecule has 3 fully saturated rings. The standard InChI is InChI=1S/C64H69ClN10O11S2/c1-64(2)24-20-43(50(36-64)41-10-12-44(65)13-11-41)39-71-28-30-72(31-29-71)45-14-16-48(54(34-45)86-46-33-42-21-25-66-59(42)68-38-46)60(78)70-88(84,85)47-15-17-51(53(35-47)75(82)83)67-37-40-22-26-73(27-23-40)57(77)9-4-3-5-32-87-55-8-6-7-49-58(55)63(81)74(62(49)80)52-18-19-56(76)69-61(52)79/h6-8,10-17,21,25,33-35,38,40,52,67H,3-5,9,18-20,22-24,26-32,36-37,39H2,1-2H3,(H,66,68)(H,70,78)(H,69,76,79). The lowest BCUT2D eigenvalue weighted by molar-refractivity contribution is -0.384. The highest BCUT2D eigenvalue weighted by molar-refractivity contribution is 7.99. The van der Waals surface area contributed by atoms with Gasteiger partial charge in [-0.15, -0.1) is 11.8 Å². The molecule has 6 amide bonds. The minimum atomic E-state index is -4.67. The number of carbonyl (C=O) groups is 6. The van der Waals surface area contributed by atoms with Crippen molar-refractivity contribution in [2.24, 2.45) is 11.3 Å². The Balaban J connectivity index is 0.666. The molecule has 1 aliphatic carbocycles. The van der Waals surface area contributed by atoms with Crippen LogP contribution in [0.1, 0.15) is 121 Å². The Kier molecular flexibility index (Phi) is 18.4. The van der Waals surface area contributed by atoms with Gasteiger partial charge < -0.3 is 24.8 Å². The van der Waals surface area contributed by atoms with E-state index in [2.05, 4.69) is 61.1 Å². The second-order valence-electron chi connectivity index (χ2n) is 23.9. The van der Waals surface area contributed by atoms with Gasteiger partial charge in [-0.3, -0.25) is 54.0 Å². The van der Waals surface area contributed by atoms with E-state index in [1.807, 2.05) is 23.1 Å². The maximum absolute atomic E-state index is 14.2. The monoisotopic (exact) mass is 1250 g/mol. The quantitative estimate of drug-likeness (QED) is 0.0172. The van der Waals surface area contributed by atoms with Gasteiger partial charge in [0.05, 0.1) is 32.7 Å². The van der Waals surface area contributed by atoms with Crippen LogP contribution < -0.4 is 25.0 Å². The van der Waals surface area contributed by atoms with Gasteiger partial charge in [0, 0.05) is 105 Å². The molecule has 0 saturated carbocycles. The predicted molar refractivity (Wildman–Crippen MR) is 335 cm³/mol. The van der Waals surface area contributed by atoms with Gasteiger partial charge in [-0.25, -0.2) is 18.1 Å². The third-order valence-corrected chi connectivity index (χ3v) is 20.0. The van der Waals surface area contributed by atoms with Crippen LogP contribution in [-0.4, -0.2) is 138 Å². The Morgan fingerprint density at radius 2 is 1.67 bits per heavy atom. The summed E-state index contributed by atoms with van der Waals surface area (Å²) in [6.45, 7) is 9.83. The summed E-state index contributed by atoms with van der Waals surface area (Å²) in [6.07, 6.45) is 10.3. The van der Waals surface area contributed by atoms with Crippen molar-refractivity contribution in [3.63, 3.8) is 0 Å². The van der Waals surface area contributed by atoms with Crippen LogP contribution in [0.3, 0.4) is 0 Å². The number of fused-ring (bicyclic) bond motifs is 2. The van der Waals surface area contributed by atoms with E-state index < -0.39 is 61.1 Å². The number of benzene rings is 4. The van der Waals surface area contributed by atoms with Gasteiger partial charge >= 0.3 is 0 Å². The number of aromatic nitrogens is 2. The van der Waals surface area contributed by atoms with E-state index in [1.54, 1.807) is 42.6 Å². The summed E-state index contributed by atoms with van der Waals surface area (Å²) in [4.78, 5) is 105. The lowest BCUT2D eigenvalue weighted by atomic mass is 9.72. The normalized spacial score (nSPS) is 18.4. The number of hydrogen-bond donors (Lipinski definition) is 4. The third kappa shape index (κ3) is 13.9. The number of thioether (sulfide) groups is 1. The van der Waals surface area contributed by atoms with Crippen LogP contribution in [0.15, 0.2) is 119 Å². The second-order valence-corrected chi connectivity index (χ2v) is 27.2. The number of nitro benzene ring substituents is 1. The first-order chi connectivity index (χ1) is 42.3. The van der Waals surface area contributed by atoms with E-state index in [0.717, 1.165) is 73.8 Å².